The first-order chi connectivity index (χ1) is 14.9. The Morgan fingerprint density at radius 3 is 2.03 bits per heavy atom. The minimum Gasteiger partial charge on any atom is -0.340 e. The molecule has 7 nitrogen and oxygen atoms in total. The summed E-state index contributed by atoms with van der Waals surface area (Å²) in [6.45, 7) is 1.72. The van der Waals surface area contributed by atoms with Crippen molar-refractivity contribution < 1.29 is 14.5 Å². The Kier molecular flexibility index (Phi) is 7.40. The van der Waals surface area contributed by atoms with Crippen molar-refractivity contribution in [1.82, 2.24) is 5.32 Å². The number of carbonyl (C=O) groups is 2. The van der Waals surface area contributed by atoms with E-state index >= 15 is 0 Å². The number of hydrogen-bond acceptors (Lipinski definition) is 5. The molecule has 0 aromatic heterocycles. The van der Waals surface area contributed by atoms with Gasteiger partial charge < -0.3 is 10.6 Å². The summed E-state index contributed by atoms with van der Waals surface area (Å²) in [6.07, 6.45) is 0. The lowest BCUT2D eigenvalue weighted by Gasteiger charge is -2.21. The minimum atomic E-state index is -0.867. The molecule has 0 aliphatic heterocycles. The molecule has 158 valence electrons. The molecule has 31 heavy (non-hydrogen) atoms. The summed E-state index contributed by atoms with van der Waals surface area (Å²) >= 11 is 1.26. The highest BCUT2D eigenvalue weighted by atomic mass is 32.2. The van der Waals surface area contributed by atoms with Crippen LogP contribution in [0.3, 0.4) is 0 Å². The molecular formula is C23H21N3O4S. The van der Waals surface area contributed by atoms with Crippen LogP contribution in [0.15, 0.2) is 89.8 Å². The van der Waals surface area contributed by atoms with Crippen molar-refractivity contribution in [1.29, 1.82) is 0 Å². The first kappa shape index (κ1) is 22.0. The van der Waals surface area contributed by atoms with Crippen molar-refractivity contribution >= 4 is 35.0 Å². The molecule has 3 aromatic carbocycles. The van der Waals surface area contributed by atoms with Gasteiger partial charge in [0.05, 0.1) is 10.2 Å². The molecule has 8 heteroatoms. The Morgan fingerprint density at radius 2 is 1.45 bits per heavy atom. The third-order valence-electron chi connectivity index (χ3n) is 4.45. The first-order valence-electron chi connectivity index (χ1n) is 9.56. The van der Waals surface area contributed by atoms with Crippen LogP contribution in [0.1, 0.15) is 18.5 Å². The van der Waals surface area contributed by atoms with E-state index < -0.39 is 16.2 Å². The highest BCUT2D eigenvalue weighted by Gasteiger charge is 2.25. The molecule has 0 unspecified atom stereocenters. The molecule has 0 spiro atoms. The van der Waals surface area contributed by atoms with Crippen molar-refractivity contribution in [2.45, 2.75) is 23.1 Å². The first-order valence-corrected chi connectivity index (χ1v) is 10.4. The summed E-state index contributed by atoms with van der Waals surface area (Å²) in [5, 5.41) is 15.9. The van der Waals surface area contributed by atoms with Crippen LogP contribution in [0, 0.1) is 10.1 Å². The Hall–Kier alpha value is -3.65. The quantitative estimate of drug-likeness (QED) is 0.307. The van der Waals surface area contributed by atoms with Gasteiger partial charge in [-0.3, -0.25) is 19.7 Å². The fraction of sp³-hybridized carbons (Fsp3) is 0.130. The van der Waals surface area contributed by atoms with E-state index in [9.17, 15) is 19.7 Å². The molecule has 0 radical (unpaired) electrons. The molecular weight excluding hydrogens is 414 g/mol. The maximum atomic E-state index is 12.9. The second-order valence-corrected chi connectivity index (χ2v) is 8.13. The molecule has 0 saturated heterocycles. The van der Waals surface area contributed by atoms with E-state index in [4.69, 9.17) is 0 Å². The van der Waals surface area contributed by atoms with Crippen LogP contribution in [0.2, 0.25) is 0 Å². The molecule has 2 amide bonds. The van der Waals surface area contributed by atoms with E-state index in [0.717, 1.165) is 4.90 Å². The maximum Gasteiger partial charge on any atom is 0.269 e. The molecule has 0 bridgehead atoms. The van der Waals surface area contributed by atoms with Crippen molar-refractivity contribution in [3.63, 3.8) is 0 Å². The summed E-state index contributed by atoms with van der Waals surface area (Å²) in [5.41, 5.74) is 1.29. The average molecular weight is 436 g/mol. The number of rotatable bonds is 8. The van der Waals surface area contributed by atoms with E-state index in [-0.39, 0.29) is 17.5 Å². The van der Waals surface area contributed by atoms with Crippen molar-refractivity contribution in [3.8, 4) is 0 Å². The number of benzene rings is 3. The molecule has 0 fully saturated rings. The van der Waals surface area contributed by atoms with Crippen molar-refractivity contribution in [3.05, 3.63) is 101 Å². The zero-order valence-corrected chi connectivity index (χ0v) is 17.5. The molecule has 0 heterocycles. The highest BCUT2D eigenvalue weighted by molar-refractivity contribution is 8.00. The van der Waals surface area contributed by atoms with Gasteiger partial charge >= 0.3 is 0 Å². The van der Waals surface area contributed by atoms with Gasteiger partial charge in [0.25, 0.3) is 11.6 Å². The third kappa shape index (κ3) is 6.16. The van der Waals surface area contributed by atoms with Crippen LogP contribution >= 0.6 is 11.8 Å². The number of non-ortho nitro benzene ring substituents is 1. The lowest BCUT2D eigenvalue weighted by atomic mass is 10.1. The molecule has 0 aliphatic carbocycles. The number of nitrogens with zero attached hydrogens (tertiary/aromatic N) is 1. The van der Waals surface area contributed by atoms with Crippen LogP contribution in [-0.2, 0) is 9.59 Å². The smallest absolute Gasteiger partial charge is 0.269 e. The van der Waals surface area contributed by atoms with E-state index in [1.807, 2.05) is 24.3 Å². The number of thioether (sulfide) groups is 1. The van der Waals surface area contributed by atoms with Gasteiger partial charge in [-0.15, -0.1) is 11.8 Å². The summed E-state index contributed by atoms with van der Waals surface area (Å²) < 4.78 is 0. The van der Waals surface area contributed by atoms with Crippen LogP contribution in [0.5, 0.6) is 0 Å². The standard InChI is InChI=1S/C23H21N3O4S/c1-16(31-20-14-12-19(13-15-20)26(29)30)22(27)25-21(17-8-4-2-5-9-17)23(28)24-18-10-6-3-7-11-18/h2-16,21H,1H3,(H,24,28)(H,25,27)/t16-,21+/m0/s1. The van der Waals surface area contributed by atoms with E-state index in [0.29, 0.717) is 11.3 Å². The van der Waals surface area contributed by atoms with Gasteiger partial charge in [0.15, 0.2) is 0 Å². The molecule has 2 atom stereocenters. The van der Waals surface area contributed by atoms with Crippen molar-refractivity contribution in [2.75, 3.05) is 5.32 Å². The molecule has 3 aromatic rings. The van der Waals surface area contributed by atoms with Crippen LogP contribution in [-0.4, -0.2) is 22.0 Å². The van der Waals surface area contributed by atoms with E-state index in [1.165, 1.54) is 23.9 Å². The van der Waals surface area contributed by atoms with Crippen molar-refractivity contribution in [2.24, 2.45) is 0 Å². The molecule has 3 rings (SSSR count). The van der Waals surface area contributed by atoms with Gasteiger partial charge in [0.2, 0.25) is 5.91 Å². The molecule has 0 aliphatic rings. The Balaban J connectivity index is 1.71. The summed E-state index contributed by atoms with van der Waals surface area (Å²) in [4.78, 5) is 36.8. The zero-order chi connectivity index (χ0) is 22.2. The van der Waals surface area contributed by atoms with Gasteiger partial charge in [-0.25, -0.2) is 0 Å². The van der Waals surface area contributed by atoms with Crippen LogP contribution in [0.4, 0.5) is 11.4 Å². The van der Waals surface area contributed by atoms with Gasteiger partial charge in [-0.2, -0.15) is 0 Å². The monoisotopic (exact) mass is 435 g/mol. The Morgan fingerprint density at radius 1 is 0.871 bits per heavy atom. The van der Waals surface area contributed by atoms with E-state index in [1.54, 1.807) is 55.5 Å². The third-order valence-corrected chi connectivity index (χ3v) is 5.56. The van der Waals surface area contributed by atoms with Gasteiger partial charge in [0, 0.05) is 22.7 Å². The second-order valence-electron chi connectivity index (χ2n) is 6.72. The predicted molar refractivity (Wildman–Crippen MR) is 121 cm³/mol. The average Bonchev–Trinajstić information content (AvgIpc) is 2.78. The van der Waals surface area contributed by atoms with Gasteiger partial charge in [-0.1, -0.05) is 48.5 Å². The lowest BCUT2D eigenvalue weighted by Crippen LogP contribution is -2.40. The Labute approximate surface area is 184 Å². The number of hydrogen-bond donors (Lipinski definition) is 2. The van der Waals surface area contributed by atoms with Crippen LogP contribution < -0.4 is 10.6 Å². The van der Waals surface area contributed by atoms with Crippen LogP contribution in [0.25, 0.3) is 0 Å². The second kappa shape index (κ2) is 10.4. The molecule has 2 N–H and O–H groups in total. The number of nitrogens with one attached hydrogen (secondary N) is 2. The fourth-order valence-corrected chi connectivity index (χ4v) is 3.72. The maximum absolute atomic E-state index is 12.9. The Bertz CT molecular complexity index is 1040. The summed E-state index contributed by atoms with van der Waals surface area (Å²) in [5.74, 6) is -0.668. The number of nitro groups is 1. The van der Waals surface area contributed by atoms with E-state index in [2.05, 4.69) is 10.6 Å². The predicted octanol–water partition coefficient (Wildman–Crippen LogP) is 4.57. The highest BCUT2D eigenvalue weighted by Crippen LogP contribution is 2.26. The van der Waals surface area contributed by atoms with Gasteiger partial charge in [-0.05, 0) is 36.8 Å². The SMILES string of the molecule is C[C@H](Sc1ccc([N+](=O)[O-])cc1)C(=O)N[C@@H](C(=O)Nc1ccccc1)c1ccccc1. The normalized spacial score (nSPS) is 12.4. The fourth-order valence-electron chi connectivity index (χ4n) is 2.85. The minimum absolute atomic E-state index is 0.0109. The number of anilines is 1. The summed E-state index contributed by atoms with van der Waals surface area (Å²) in [6, 6.07) is 23.2. The topological polar surface area (TPSA) is 101 Å². The van der Waals surface area contributed by atoms with Gasteiger partial charge in [0.1, 0.15) is 6.04 Å². The lowest BCUT2D eigenvalue weighted by molar-refractivity contribution is -0.384. The largest absolute Gasteiger partial charge is 0.340 e. The number of amides is 2. The number of nitro benzene ring substituents is 1. The molecule has 0 saturated carbocycles. The number of para-hydroxylation sites is 1. The zero-order valence-electron chi connectivity index (χ0n) is 16.7. The summed E-state index contributed by atoms with van der Waals surface area (Å²) in [7, 11) is 0. The number of carbonyl (C=O) groups excluding carboxylic acids is 2.